The van der Waals surface area contributed by atoms with Crippen LogP contribution < -0.4 is 0 Å². The van der Waals surface area contributed by atoms with Gasteiger partial charge in [-0.25, -0.2) is 0 Å². The number of carbonyl (C=O) groups excluding carboxylic acids is 1. The minimum absolute atomic E-state index is 0.103. The molecule has 8 heteroatoms. The number of fused-ring (bicyclic) bond motifs is 1. The molecule has 0 N–H and O–H groups in total. The zero-order valence-electron chi connectivity index (χ0n) is 16.2. The van der Waals surface area contributed by atoms with E-state index in [0.29, 0.717) is 0 Å². The smallest absolute Gasteiger partial charge is 0.314 e. The van der Waals surface area contributed by atoms with Crippen LogP contribution in [0.1, 0.15) is 13.8 Å². The first-order valence-electron chi connectivity index (χ1n) is 8.77. The van der Waals surface area contributed by atoms with E-state index in [0.717, 1.165) is 0 Å². The van der Waals surface area contributed by atoms with Crippen LogP contribution in [0, 0.1) is 5.92 Å². The largest absolute Gasteiger partial charge is 0.461 e. The predicted octanol–water partition coefficient (Wildman–Crippen LogP) is 2.59. The summed E-state index contributed by atoms with van der Waals surface area (Å²) in [6.07, 6.45) is 0.271. The first kappa shape index (κ1) is 21.3. The summed E-state index contributed by atoms with van der Waals surface area (Å²) in [6.45, 7) is 17.2. The highest BCUT2D eigenvalue weighted by Crippen LogP contribution is 2.41. The van der Waals surface area contributed by atoms with Crippen molar-refractivity contribution in [1.29, 1.82) is 0 Å². The predicted molar refractivity (Wildman–Crippen MR) is 97.7 cm³/mol. The third-order valence-electron chi connectivity index (χ3n) is 3.82. The number of rotatable bonds is 8. The van der Waals surface area contributed by atoms with E-state index in [2.05, 4.69) is 13.2 Å². The molecule has 0 radical (unpaired) electrons. The molecular formula is C18H30O7Si. The molecule has 2 aliphatic rings. The molecule has 5 unspecified atom stereocenters. The van der Waals surface area contributed by atoms with Crippen LogP contribution in [0.3, 0.4) is 0 Å². The van der Waals surface area contributed by atoms with E-state index in [1.165, 1.54) is 6.08 Å². The Labute approximate surface area is 156 Å². The summed E-state index contributed by atoms with van der Waals surface area (Å²) in [6, 6.07) is 0. The van der Waals surface area contributed by atoms with Crippen LogP contribution in [0.25, 0.3) is 0 Å². The standard InChI is InChI=1S/C18H30O7Si/c1-8-10-20-13-12(15(19)21-11-9-2)14-16(24-18(3,4)23-14)22-17(13)25-26(5,6)7/h8-9,12-14,16-17H,1-2,10-11H2,3-7H3. The van der Waals surface area contributed by atoms with E-state index in [9.17, 15) is 4.79 Å². The van der Waals surface area contributed by atoms with Crippen LogP contribution in [-0.4, -0.2) is 58.1 Å². The van der Waals surface area contributed by atoms with Crippen molar-refractivity contribution in [3.05, 3.63) is 25.3 Å². The number of esters is 1. The Balaban J connectivity index is 2.34. The van der Waals surface area contributed by atoms with Gasteiger partial charge < -0.3 is 28.1 Å². The molecule has 2 fully saturated rings. The normalized spacial score (nSPS) is 33.3. The SMILES string of the molecule is C=CCOC(=O)C1C(OCC=C)C(O[Si](C)(C)C)OC2OC(C)(C)OC21. The highest BCUT2D eigenvalue weighted by Gasteiger charge is 2.58. The van der Waals surface area contributed by atoms with E-state index >= 15 is 0 Å². The van der Waals surface area contributed by atoms with Crippen LogP contribution in [-0.2, 0) is 32.9 Å². The van der Waals surface area contributed by atoms with Crippen LogP contribution >= 0.6 is 0 Å². The van der Waals surface area contributed by atoms with Crippen molar-refractivity contribution < 1.29 is 32.9 Å². The summed E-state index contributed by atoms with van der Waals surface area (Å²) in [5.41, 5.74) is 0. The first-order chi connectivity index (χ1) is 12.1. The lowest BCUT2D eigenvalue weighted by Gasteiger charge is -2.42. The Morgan fingerprint density at radius 2 is 1.81 bits per heavy atom. The summed E-state index contributed by atoms with van der Waals surface area (Å²) in [7, 11) is -1.99. The molecule has 2 saturated heterocycles. The number of hydrogen-bond acceptors (Lipinski definition) is 7. The average Bonchev–Trinajstić information content (AvgIpc) is 2.81. The van der Waals surface area contributed by atoms with Gasteiger partial charge in [0, 0.05) is 0 Å². The van der Waals surface area contributed by atoms with Crippen molar-refractivity contribution >= 4 is 14.3 Å². The summed E-state index contributed by atoms with van der Waals surface area (Å²) in [4.78, 5) is 12.8. The Morgan fingerprint density at radius 1 is 1.15 bits per heavy atom. The molecule has 0 aliphatic carbocycles. The van der Waals surface area contributed by atoms with Crippen molar-refractivity contribution in [2.45, 2.75) is 64.1 Å². The van der Waals surface area contributed by atoms with Gasteiger partial charge in [-0.1, -0.05) is 18.7 Å². The van der Waals surface area contributed by atoms with Gasteiger partial charge in [-0.2, -0.15) is 0 Å². The zero-order chi connectivity index (χ0) is 19.5. The quantitative estimate of drug-likeness (QED) is 0.361. The van der Waals surface area contributed by atoms with Crippen LogP contribution in [0.5, 0.6) is 0 Å². The first-order valence-corrected chi connectivity index (χ1v) is 12.2. The maximum atomic E-state index is 12.8. The molecule has 2 aliphatic heterocycles. The Bertz CT molecular complexity index is 528. The summed E-state index contributed by atoms with van der Waals surface area (Å²) < 4.78 is 35.1. The second kappa shape index (κ2) is 8.33. The van der Waals surface area contributed by atoms with Crippen molar-refractivity contribution in [1.82, 2.24) is 0 Å². The molecule has 2 rings (SSSR count). The van der Waals surface area contributed by atoms with Crippen LogP contribution in [0.4, 0.5) is 0 Å². The summed E-state index contributed by atoms with van der Waals surface area (Å²) in [5.74, 6) is -2.09. The fourth-order valence-corrected chi connectivity index (χ4v) is 3.87. The van der Waals surface area contributed by atoms with E-state index in [1.54, 1.807) is 19.9 Å². The van der Waals surface area contributed by atoms with Gasteiger partial charge in [-0.15, -0.1) is 6.58 Å². The summed E-state index contributed by atoms with van der Waals surface area (Å²) in [5, 5.41) is 0. The van der Waals surface area contributed by atoms with Gasteiger partial charge in [0.15, 0.2) is 26.7 Å². The molecule has 26 heavy (non-hydrogen) atoms. The fourth-order valence-electron chi connectivity index (χ4n) is 2.98. The Kier molecular flexibility index (Phi) is 6.81. The van der Waals surface area contributed by atoms with Crippen LogP contribution in [0.15, 0.2) is 25.3 Å². The Hall–Kier alpha value is -1.03. The number of hydrogen-bond donors (Lipinski definition) is 0. The van der Waals surface area contributed by atoms with Gasteiger partial charge in [0.2, 0.25) is 0 Å². The van der Waals surface area contributed by atoms with Gasteiger partial charge in [-0.05, 0) is 33.5 Å². The molecule has 0 aromatic carbocycles. The number of carbonyl (C=O) groups is 1. The van der Waals surface area contributed by atoms with Gasteiger partial charge in [0.1, 0.15) is 24.7 Å². The number of ether oxygens (including phenoxy) is 5. The molecule has 0 amide bonds. The monoisotopic (exact) mass is 386 g/mol. The van der Waals surface area contributed by atoms with Gasteiger partial charge in [-0.3, -0.25) is 4.79 Å². The molecule has 5 atom stereocenters. The van der Waals surface area contributed by atoms with E-state index < -0.39 is 50.8 Å². The van der Waals surface area contributed by atoms with E-state index in [1.807, 2.05) is 19.6 Å². The highest BCUT2D eigenvalue weighted by molar-refractivity contribution is 6.69. The van der Waals surface area contributed by atoms with Gasteiger partial charge in [0.05, 0.1) is 6.61 Å². The van der Waals surface area contributed by atoms with Crippen molar-refractivity contribution in [3.8, 4) is 0 Å². The third kappa shape index (κ3) is 5.25. The fraction of sp³-hybridized carbons (Fsp3) is 0.722. The van der Waals surface area contributed by atoms with Crippen LogP contribution in [0.2, 0.25) is 19.6 Å². The molecule has 0 aromatic rings. The second-order valence-electron chi connectivity index (χ2n) is 7.73. The maximum absolute atomic E-state index is 12.8. The molecule has 148 valence electrons. The van der Waals surface area contributed by atoms with E-state index in [4.69, 9.17) is 28.1 Å². The maximum Gasteiger partial charge on any atom is 0.314 e. The molecule has 2 heterocycles. The molecule has 0 bridgehead atoms. The highest BCUT2D eigenvalue weighted by atomic mass is 28.4. The Morgan fingerprint density at radius 3 is 2.38 bits per heavy atom. The minimum atomic E-state index is -1.99. The van der Waals surface area contributed by atoms with Crippen molar-refractivity contribution in [3.63, 3.8) is 0 Å². The molecule has 0 spiro atoms. The lowest BCUT2D eigenvalue weighted by atomic mass is 9.92. The third-order valence-corrected chi connectivity index (χ3v) is 4.76. The molecule has 0 saturated carbocycles. The topological polar surface area (TPSA) is 72.5 Å². The average molecular weight is 387 g/mol. The lowest BCUT2D eigenvalue weighted by molar-refractivity contribution is -0.296. The van der Waals surface area contributed by atoms with Gasteiger partial charge in [0.25, 0.3) is 0 Å². The second-order valence-corrected chi connectivity index (χ2v) is 12.2. The van der Waals surface area contributed by atoms with E-state index in [-0.39, 0.29) is 13.2 Å². The molecule has 7 nitrogen and oxygen atoms in total. The van der Waals surface area contributed by atoms with Crippen molar-refractivity contribution in [2.24, 2.45) is 5.92 Å². The summed E-state index contributed by atoms with van der Waals surface area (Å²) >= 11 is 0. The van der Waals surface area contributed by atoms with Gasteiger partial charge >= 0.3 is 5.97 Å². The molecular weight excluding hydrogens is 356 g/mol. The minimum Gasteiger partial charge on any atom is -0.461 e. The van der Waals surface area contributed by atoms with Crippen molar-refractivity contribution in [2.75, 3.05) is 13.2 Å². The zero-order valence-corrected chi connectivity index (χ0v) is 17.2. The lowest BCUT2D eigenvalue weighted by Crippen LogP contribution is -2.59. The molecule has 0 aromatic heterocycles.